The van der Waals surface area contributed by atoms with Crippen molar-refractivity contribution in [1.29, 1.82) is 0 Å². The van der Waals surface area contributed by atoms with Gasteiger partial charge in [0.15, 0.2) is 57.3 Å². The van der Waals surface area contributed by atoms with E-state index in [-0.39, 0.29) is 57.1 Å². The monoisotopic (exact) mass is 1330 g/mol. The van der Waals surface area contributed by atoms with E-state index >= 15 is 0 Å². The molecule has 0 aliphatic rings. The van der Waals surface area contributed by atoms with Gasteiger partial charge in [0, 0.05) is 0 Å². The molecule has 10 aromatic rings. The van der Waals surface area contributed by atoms with Crippen LogP contribution in [-0.4, -0.2) is 43.1 Å². The number of rotatable bonds is 24. The van der Waals surface area contributed by atoms with E-state index in [4.69, 9.17) is 28.4 Å². The molecule has 0 spiro atoms. The van der Waals surface area contributed by atoms with Crippen molar-refractivity contribution in [3.63, 3.8) is 0 Å². The largest absolute Gasteiger partial charge is 0.457 e. The summed E-state index contributed by atoms with van der Waals surface area (Å²) in [5, 5.41) is 0. The predicted octanol–water partition coefficient (Wildman–Crippen LogP) is 18.9. The Hall–Kier alpha value is -9.60. The SMILES string of the molecule is CCC(C)(C)C(=O)OCC(=O)Oc1ccc([S+](c2ccccc2)c2ccccc2)cc1.CCC(C)(C)C(=O)Oc1ccc(Oc2ccc([S+](c3ccccc3)c3ccccc3)cc2)cc1.CCC(C)C(=O)OCC(=O)Oc1ccc([S+](c2ccccc2)c2ccccc2)cc1. The highest BCUT2D eigenvalue weighted by atomic mass is 32.2. The highest BCUT2D eigenvalue weighted by Gasteiger charge is 2.33. The highest BCUT2D eigenvalue weighted by molar-refractivity contribution is 7.97. The maximum Gasteiger partial charge on any atom is 0.349 e. The zero-order valence-electron chi connectivity index (χ0n) is 54.9. The van der Waals surface area contributed by atoms with Crippen LogP contribution < -0.4 is 18.9 Å². The second-order valence-electron chi connectivity index (χ2n) is 23.1. The summed E-state index contributed by atoms with van der Waals surface area (Å²) in [5.74, 6) is 0.357. The van der Waals surface area contributed by atoms with Crippen LogP contribution in [0.3, 0.4) is 0 Å². The van der Waals surface area contributed by atoms with Crippen LogP contribution in [0.5, 0.6) is 28.7 Å². The molecule has 0 amide bonds. The number of carbonyl (C=O) groups is 5. The van der Waals surface area contributed by atoms with E-state index < -0.39 is 35.3 Å². The van der Waals surface area contributed by atoms with E-state index in [1.165, 1.54) is 34.3 Å². The zero-order valence-corrected chi connectivity index (χ0v) is 57.3. The van der Waals surface area contributed by atoms with Crippen molar-refractivity contribution in [2.24, 2.45) is 16.7 Å². The van der Waals surface area contributed by atoms with Gasteiger partial charge in [-0.25, -0.2) is 9.59 Å². The Balaban J connectivity index is 0.000000183. The average molecular weight is 1330 g/mol. The highest BCUT2D eigenvalue weighted by Crippen LogP contribution is 2.36. The quantitative estimate of drug-likeness (QED) is 0.0324. The lowest BCUT2D eigenvalue weighted by atomic mass is 9.91. The maximum atomic E-state index is 12.3. The molecule has 0 aliphatic carbocycles. The van der Waals surface area contributed by atoms with Gasteiger partial charge in [-0.05, 0) is 217 Å². The van der Waals surface area contributed by atoms with Crippen LogP contribution in [0.25, 0.3) is 0 Å². The number of hydrogen-bond donors (Lipinski definition) is 0. The summed E-state index contributed by atoms with van der Waals surface area (Å²) in [5.41, 5.74) is -1.12. The first-order valence-electron chi connectivity index (χ1n) is 31.5. The van der Waals surface area contributed by atoms with Crippen molar-refractivity contribution in [3.8, 4) is 28.7 Å². The lowest BCUT2D eigenvalue weighted by Gasteiger charge is -2.20. The van der Waals surface area contributed by atoms with Crippen LogP contribution in [0.4, 0.5) is 0 Å². The summed E-state index contributed by atoms with van der Waals surface area (Å²) in [6.45, 7) is 14.1. The molecule has 0 aliphatic heterocycles. The number of ether oxygens (including phenoxy) is 6. The van der Waals surface area contributed by atoms with E-state index in [2.05, 4.69) is 109 Å². The van der Waals surface area contributed by atoms with Crippen molar-refractivity contribution in [3.05, 3.63) is 279 Å². The lowest BCUT2D eigenvalue weighted by Crippen LogP contribution is -2.29. The Kier molecular flexibility index (Phi) is 26.7. The van der Waals surface area contributed by atoms with Gasteiger partial charge in [-0.2, -0.15) is 0 Å². The third-order valence-electron chi connectivity index (χ3n) is 15.3. The van der Waals surface area contributed by atoms with Crippen LogP contribution in [0.2, 0.25) is 0 Å². The molecule has 0 saturated carbocycles. The number of carbonyl (C=O) groups excluding carboxylic acids is 5. The summed E-state index contributed by atoms with van der Waals surface area (Å²) in [6.07, 6.45) is 2.02. The number of hydrogen-bond acceptors (Lipinski definition) is 11. The van der Waals surface area contributed by atoms with E-state index in [1.54, 1.807) is 57.2 Å². The third kappa shape index (κ3) is 21.2. The van der Waals surface area contributed by atoms with Crippen LogP contribution in [0.15, 0.2) is 323 Å². The molecule has 11 nitrogen and oxygen atoms in total. The maximum absolute atomic E-state index is 12.3. The van der Waals surface area contributed by atoms with Crippen molar-refractivity contribution in [2.75, 3.05) is 13.2 Å². The topological polar surface area (TPSA) is 141 Å². The molecular weight excluding hydrogens is 1250 g/mol. The van der Waals surface area contributed by atoms with Gasteiger partial charge in [-0.15, -0.1) is 0 Å². The standard InChI is InChI=1S/C30H29O3S.C26H27O4S.C25H25O4S/c1-4-30(2,3)29(31)33-25-17-15-23(16-18-25)32-24-19-21-28(22-20-24)34(26-11-7-5-8-12-26)27-13-9-6-10-14-27;1-4-26(2,3)25(28)29-19-24(27)30-20-15-17-23(18-16-20)31(21-11-7-5-8-12-21)22-13-9-6-10-14-22;1-3-19(2)25(27)28-18-24(26)29-20-14-16-23(17-15-20)30(21-10-6-4-7-11-21)22-12-8-5-9-13-22/h5-22H,4H2,1-3H3;5-18H,4,19H2,1-3H3;4-17,19H,3,18H2,1-2H3/q3*+1. The molecule has 0 saturated heterocycles. The number of benzene rings is 10. The molecule has 95 heavy (non-hydrogen) atoms. The summed E-state index contributed by atoms with van der Waals surface area (Å²) in [7, 11) is -0.718. The van der Waals surface area contributed by atoms with Gasteiger partial charge < -0.3 is 28.4 Å². The predicted molar refractivity (Wildman–Crippen MR) is 377 cm³/mol. The molecule has 0 fully saturated rings. The molecule has 0 radical (unpaired) electrons. The molecule has 0 bridgehead atoms. The summed E-state index contributed by atoms with van der Waals surface area (Å²) in [4.78, 5) is 70.9. The molecule has 0 heterocycles. The van der Waals surface area contributed by atoms with Gasteiger partial charge >= 0.3 is 29.8 Å². The van der Waals surface area contributed by atoms with Gasteiger partial charge in [0.25, 0.3) is 0 Å². The fraction of sp³-hybridized carbons (Fsp3) is 0.198. The summed E-state index contributed by atoms with van der Waals surface area (Å²) >= 11 is 0. The zero-order chi connectivity index (χ0) is 67.6. The van der Waals surface area contributed by atoms with Crippen LogP contribution in [0, 0.1) is 16.7 Å². The third-order valence-corrected chi connectivity index (χ3v) is 22.0. The Labute approximate surface area is 567 Å². The Morgan fingerprint density at radius 1 is 0.316 bits per heavy atom. The molecule has 486 valence electrons. The first-order chi connectivity index (χ1) is 45.9. The molecule has 0 aromatic heterocycles. The summed E-state index contributed by atoms with van der Waals surface area (Å²) < 4.78 is 32.3. The van der Waals surface area contributed by atoms with Crippen LogP contribution >= 0.6 is 0 Å². The smallest absolute Gasteiger partial charge is 0.349 e. The first kappa shape index (κ1) is 71.3. The van der Waals surface area contributed by atoms with Crippen molar-refractivity contribution in [2.45, 2.75) is 119 Å². The Morgan fingerprint density at radius 3 is 0.853 bits per heavy atom. The molecule has 1 unspecified atom stereocenters. The minimum atomic E-state index is -0.618. The fourth-order valence-corrected chi connectivity index (χ4v) is 15.1. The van der Waals surface area contributed by atoms with E-state index in [9.17, 15) is 24.0 Å². The van der Waals surface area contributed by atoms with Gasteiger partial charge in [-0.3, -0.25) is 14.4 Å². The van der Waals surface area contributed by atoms with Crippen LogP contribution in [0.1, 0.15) is 74.7 Å². The molecule has 10 aromatic carbocycles. The average Bonchev–Trinajstić information content (AvgIpc) is 0.892. The van der Waals surface area contributed by atoms with Crippen LogP contribution in [-0.2, 0) is 66.1 Å². The summed E-state index contributed by atoms with van der Waals surface area (Å²) in [6, 6.07) is 92.8. The van der Waals surface area contributed by atoms with Gasteiger partial charge in [-0.1, -0.05) is 137 Å². The molecule has 10 rings (SSSR count). The molecule has 0 N–H and O–H groups in total. The lowest BCUT2D eigenvalue weighted by molar-refractivity contribution is -0.161. The molecular formula is C81H81O11S3+3. The molecule has 14 heteroatoms. The molecule has 1 atom stereocenters. The minimum Gasteiger partial charge on any atom is -0.457 e. The van der Waals surface area contributed by atoms with E-state index in [0.29, 0.717) is 35.8 Å². The van der Waals surface area contributed by atoms with Gasteiger partial charge in [0.2, 0.25) is 0 Å². The second kappa shape index (κ2) is 35.6. The van der Waals surface area contributed by atoms with E-state index in [0.717, 1.165) is 22.0 Å². The van der Waals surface area contributed by atoms with Crippen molar-refractivity contribution in [1.82, 2.24) is 0 Å². The van der Waals surface area contributed by atoms with Crippen molar-refractivity contribution < 1.29 is 52.4 Å². The van der Waals surface area contributed by atoms with E-state index in [1.807, 2.05) is 168 Å². The van der Waals surface area contributed by atoms with Crippen molar-refractivity contribution >= 4 is 62.5 Å². The minimum absolute atomic E-state index is 0.191. The Bertz CT molecular complexity index is 3870. The Morgan fingerprint density at radius 2 is 0.558 bits per heavy atom. The fourth-order valence-electron chi connectivity index (χ4n) is 8.82. The normalized spacial score (nSPS) is 11.4. The number of esters is 5. The first-order valence-corrected chi connectivity index (χ1v) is 35.2. The van der Waals surface area contributed by atoms with Gasteiger partial charge in [0.05, 0.1) is 49.4 Å². The van der Waals surface area contributed by atoms with Gasteiger partial charge in [0.1, 0.15) is 28.7 Å². The second-order valence-corrected chi connectivity index (χ2v) is 29.2.